The molecular formula is C13H7BrCl2FNO2. The molecular weight excluding hydrogens is 372 g/mol. The summed E-state index contributed by atoms with van der Waals surface area (Å²) in [5, 5.41) is 11.9. The molecule has 0 saturated heterocycles. The molecule has 0 saturated carbocycles. The van der Waals surface area contributed by atoms with Gasteiger partial charge in [-0.15, -0.1) is 0 Å². The van der Waals surface area contributed by atoms with Crippen molar-refractivity contribution in [2.45, 2.75) is 0 Å². The average Bonchev–Trinajstić information content (AvgIpc) is 2.35. The smallest absolute Gasteiger partial charge is 0.259 e. The Morgan fingerprint density at radius 1 is 1.25 bits per heavy atom. The quantitative estimate of drug-likeness (QED) is 0.733. The average molecular weight is 379 g/mol. The molecule has 0 unspecified atom stereocenters. The van der Waals surface area contributed by atoms with Crippen molar-refractivity contribution >= 4 is 50.7 Å². The normalized spacial score (nSPS) is 10.4. The molecule has 0 aromatic heterocycles. The number of carbonyl (C=O) groups is 1. The number of phenols is 1. The van der Waals surface area contributed by atoms with Crippen molar-refractivity contribution < 1.29 is 14.3 Å². The van der Waals surface area contributed by atoms with Gasteiger partial charge < -0.3 is 10.4 Å². The monoisotopic (exact) mass is 377 g/mol. The van der Waals surface area contributed by atoms with Gasteiger partial charge in [-0.25, -0.2) is 4.39 Å². The summed E-state index contributed by atoms with van der Waals surface area (Å²) in [5.41, 5.74) is 0.116. The number of hydrogen-bond donors (Lipinski definition) is 2. The van der Waals surface area contributed by atoms with Crippen LogP contribution in [0.5, 0.6) is 5.75 Å². The van der Waals surface area contributed by atoms with Gasteiger partial charge in [0.05, 0.1) is 15.6 Å². The van der Waals surface area contributed by atoms with Crippen LogP contribution in [0.4, 0.5) is 10.1 Å². The van der Waals surface area contributed by atoms with E-state index in [1.54, 1.807) is 6.07 Å². The maximum absolute atomic E-state index is 13.6. The summed E-state index contributed by atoms with van der Waals surface area (Å²) in [6, 6.07) is 6.83. The second-order valence-corrected chi connectivity index (χ2v) is 5.51. The first-order valence-corrected chi connectivity index (χ1v) is 6.88. The van der Waals surface area contributed by atoms with Crippen LogP contribution in [0, 0.1) is 5.82 Å². The minimum absolute atomic E-state index is 0.0135. The van der Waals surface area contributed by atoms with Crippen molar-refractivity contribution in [1.82, 2.24) is 0 Å². The van der Waals surface area contributed by atoms with Crippen LogP contribution in [-0.2, 0) is 0 Å². The predicted octanol–water partition coefficient (Wildman–Crippen LogP) is 4.85. The Bertz CT molecular complexity index is 651. The van der Waals surface area contributed by atoms with E-state index in [4.69, 9.17) is 23.2 Å². The van der Waals surface area contributed by atoms with E-state index in [-0.39, 0.29) is 27.0 Å². The molecule has 2 N–H and O–H groups in total. The lowest BCUT2D eigenvalue weighted by molar-refractivity contribution is 0.102. The summed E-state index contributed by atoms with van der Waals surface area (Å²) in [5.74, 6) is -1.60. The minimum atomic E-state index is -0.659. The lowest BCUT2D eigenvalue weighted by Gasteiger charge is -2.09. The number of carbonyl (C=O) groups excluding carboxylic acids is 1. The summed E-state index contributed by atoms with van der Waals surface area (Å²) in [4.78, 5) is 12.0. The maximum Gasteiger partial charge on any atom is 0.259 e. The van der Waals surface area contributed by atoms with Gasteiger partial charge in [0.25, 0.3) is 5.91 Å². The molecule has 0 atom stereocenters. The molecule has 0 aliphatic carbocycles. The molecule has 0 bridgehead atoms. The number of amides is 1. The molecule has 0 aliphatic heterocycles. The SMILES string of the molecule is O=C(Nc1cc(Cl)c(O)c(Cl)c1)c1c(F)cccc1Br. The fraction of sp³-hybridized carbons (Fsp3) is 0. The number of hydrogen-bond acceptors (Lipinski definition) is 2. The Morgan fingerprint density at radius 3 is 2.40 bits per heavy atom. The molecule has 0 spiro atoms. The topological polar surface area (TPSA) is 49.3 Å². The van der Waals surface area contributed by atoms with Gasteiger partial charge in [0, 0.05) is 10.2 Å². The highest BCUT2D eigenvalue weighted by molar-refractivity contribution is 9.10. The Kier molecular flexibility index (Phi) is 4.52. The Hall–Kier alpha value is -1.30. The number of aromatic hydroxyl groups is 1. The van der Waals surface area contributed by atoms with E-state index in [0.29, 0.717) is 4.47 Å². The molecule has 2 aromatic rings. The summed E-state index contributed by atoms with van der Waals surface area (Å²) < 4.78 is 14.0. The zero-order valence-electron chi connectivity index (χ0n) is 9.75. The van der Waals surface area contributed by atoms with Crippen molar-refractivity contribution in [1.29, 1.82) is 0 Å². The van der Waals surface area contributed by atoms with Crippen molar-refractivity contribution in [2.75, 3.05) is 5.32 Å². The molecule has 2 aromatic carbocycles. The van der Waals surface area contributed by atoms with E-state index in [2.05, 4.69) is 21.2 Å². The van der Waals surface area contributed by atoms with Crippen molar-refractivity contribution in [3.63, 3.8) is 0 Å². The van der Waals surface area contributed by atoms with Crippen LogP contribution in [-0.4, -0.2) is 11.0 Å². The third-order valence-electron chi connectivity index (χ3n) is 2.46. The number of rotatable bonds is 2. The van der Waals surface area contributed by atoms with Gasteiger partial charge in [-0.2, -0.15) is 0 Å². The summed E-state index contributed by atoms with van der Waals surface area (Å²) in [6.07, 6.45) is 0. The first-order valence-electron chi connectivity index (χ1n) is 5.33. The van der Waals surface area contributed by atoms with Gasteiger partial charge in [-0.1, -0.05) is 29.3 Å². The van der Waals surface area contributed by atoms with Crippen LogP contribution in [0.2, 0.25) is 10.0 Å². The second-order valence-electron chi connectivity index (χ2n) is 3.84. The summed E-state index contributed by atoms with van der Waals surface area (Å²) in [7, 11) is 0. The molecule has 2 rings (SSSR count). The van der Waals surface area contributed by atoms with Gasteiger partial charge in [-0.3, -0.25) is 4.79 Å². The number of anilines is 1. The van der Waals surface area contributed by atoms with Crippen LogP contribution >= 0.6 is 39.1 Å². The van der Waals surface area contributed by atoms with Crippen LogP contribution in [0.3, 0.4) is 0 Å². The van der Waals surface area contributed by atoms with E-state index >= 15 is 0 Å². The largest absolute Gasteiger partial charge is 0.505 e. The highest BCUT2D eigenvalue weighted by Crippen LogP contribution is 2.35. The van der Waals surface area contributed by atoms with E-state index < -0.39 is 11.7 Å². The number of halogens is 4. The first kappa shape index (κ1) is 15.1. The van der Waals surface area contributed by atoms with Crippen molar-refractivity contribution in [2.24, 2.45) is 0 Å². The molecule has 104 valence electrons. The van der Waals surface area contributed by atoms with E-state index in [1.807, 2.05) is 0 Å². The predicted molar refractivity (Wildman–Crippen MR) is 80.2 cm³/mol. The fourth-order valence-corrected chi connectivity index (χ4v) is 2.56. The second kappa shape index (κ2) is 5.99. The first-order chi connectivity index (χ1) is 9.40. The van der Waals surface area contributed by atoms with Crippen molar-refractivity contribution in [3.05, 3.63) is 56.2 Å². The third-order valence-corrected chi connectivity index (χ3v) is 3.70. The van der Waals surface area contributed by atoms with Crippen LogP contribution < -0.4 is 5.32 Å². The van der Waals surface area contributed by atoms with Gasteiger partial charge in [0.15, 0.2) is 5.75 Å². The molecule has 0 aliphatic rings. The Labute approximate surface area is 132 Å². The number of nitrogens with one attached hydrogen (secondary N) is 1. The number of benzene rings is 2. The zero-order valence-corrected chi connectivity index (χ0v) is 12.9. The van der Waals surface area contributed by atoms with Gasteiger partial charge in [-0.05, 0) is 40.2 Å². The van der Waals surface area contributed by atoms with E-state index in [1.165, 1.54) is 24.3 Å². The van der Waals surface area contributed by atoms with Gasteiger partial charge in [0.2, 0.25) is 0 Å². The standard InChI is InChI=1S/C13H7BrCl2FNO2/c14-7-2-1-3-10(17)11(7)13(20)18-6-4-8(15)12(19)9(16)5-6/h1-5,19H,(H,18,20). The van der Waals surface area contributed by atoms with Crippen LogP contribution in [0.15, 0.2) is 34.8 Å². The molecule has 1 amide bonds. The molecule has 7 heteroatoms. The Morgan fingerprint density at radius 2 is 1.85 bits per heavy atom. The number of phenolic OH excluding ortho intramolecular Hbond substituents is 1. The molecule has 0 radical (unpaired) electrons. The fourth-order valence-electron chi connectivity index (χ4n) is 1.55. The summed E-state index contributed by atoms with van der Waals surface area (Å²) >= 11 is 14.6. The zero-order chi connectivity index (χ0) is 14.9. The Balaban J connectivity index is 2.33. The molecule has 3 nitrogen and oxygen atoms in total. The van der Waals surface area contributed by atoms with Crippen LogP contribution in [0.1, 0.15) is 10.4 Å². The van der Waals surface area contributed by atoms with Crippen LogP contribution in [0.25, 0.3) is 0 Å². The maximum atomic E-state index is 13.6. The highest BCUT2D eigenvalue weighted by Gasteiger charge is 2.16. The highest BCUT2D eigenvalue weighted by atomic mass is 79.9. The lowest BCUT2D eigenvalue weighted by Crippen LogP contribution is -2.14. The van der Waals surface area contributed by atoms with E-state index in [9.17, 15) is 14.3 Å². The molecule has 20 heavy (non-hydrogen) atoms. The van der Waals surface area contributed by atoms with Gasteiger partial charge >= 0.3 is 0 Å². The third kappa shape index (κ3) is 3.06. The van der Waals surface area contributed by atoms with Crippen molar-refractivity contribution in [3.8, 4) is 5.75 Å². The minimum Gasteiger partial charge on any atom is -0.505 e. The van der Waals surface area contributed by atoms with Gasteiger partial charge in [0.1, 0.15) is 5.82 Å². The lowest BCUT2D eigenvalue weighted by atomic mass is 10.2. The summed E-state index contributed by atoms with van der Waals surface area (Å²) in [6.45, 7) is 0. The molecule has 0 heterocycles. The molecule has 0 fully saturated rings. The van der Waals surface area contributed by atoms with E-state index in [0.717, 1.165) is 0 Å².